The predicted molar refractivity (Wildman–Crippen MR) is 73.0 cm³/mol. The molecular weight excluding hydrogens is 300 g/mol. The van der Waals surface area contributed by atoms with E-state index in [4.69, 9.17) is 0 Å². The van der Waals surface area contributed by atoms with Crippen LogP contribution < -0.4 is 0 Å². The van der Waals surface area contributed by atoms with Crippen LogP contribution in [0.2, 0.25) is 0 Å². The van der Waals surface area contributed by atoms with E-state index in [0.29, 0.717) is 0 Å². The summed E-state index contributed by atoms with van der Waals surface area (Å²) in [7, 11) is 0. The lowest BCUT2D eigenvalue weighted by Gasteiger charge is -2.15. The average molecular weight is 312 g/mol. The van der Waals surface area contributed by atoms with Gasteiger partial charge in [0.1, 0.15) is 6.17 Å². The van der Waals surface area contributed by atoms with Gasteiger partial charge in [-0.25, -0.2) is 22.4 Å². The molecule has 0 amide bonds. The maximum Gasteiger partial charge on any atom is 0.336 e. The van der Waals surface area contributed by atoms with Gasteiger partial charge in [0, 0.05) is 17.5 Å². The van der Waals surface area contributed by atoms with Crippen LogP contribution in [0.25, 0.3) is 11.1 Å². The van der Waals surface area contributed by atoms with Crippen molar-refractivity contribution in [1.29, 1.82) is 0 Å². The van der Waals surface area contributed by atoms with Crippen molar-refractivity contribution in [3.8, 4) is 11.1 Å². The fraction of sp³-hybridized carbons (Fsp3) is 0.188. The minimum absolute atomic E-state index is 0.0732. The molecule has 0 aliphatic carbocycles. The number of carboxylic acids is 1. The van der Waals surface area contributed by atoms with Gasteiger partial charge in [-0.1, -0.05) is 30.3 Å². The third kappa shape index (κ3) is 2.81. The van der Waals surface area contributed by atoms with Crippen LogP contribution in [0, 0.1) is 17.5 Å². The van der Waals surface area contributed by atoms with Crippen LogP contribution in [0.15, 0.2) is 30.3 Å². The number of carbonyl (C=O) groups is 1. The maximum atomic E-state index is 14.1. The molecule has 0 aliphatic heterocycles. The summed E-state index contributed by atoms with van der Waals surface area (Å²) >= 11 is 0. The summed E-state index contributed by atoms with van der Waals surface area (Å²) in [6, 6.07) is 7.33. The molecule has 0 fully saturated rings. The molecule has 0 spiro atoms. The summed E-state index contributed by atoms with van der Waals surface area (Å²) in [6.45, 7) is 1.08. The Balaban J connectivity index is 2.87. The normalized spacial score (nSPS) is 12.2. The highest BCUT2D eigenvalue weighted by molar-refractivity contribution is 5.98. The second kappa shape index (κ2) is 6.17. The SMILES string of the molecule is CC(F)Cc1c(F)c(F)c(F)c(-c2ccccc2)c1C(=O)O. The zero-order valence-electron chi connectivity index (χ0n) is 11.5. The van der Waals surface area contributed by atoms with Crippen molar-refractivity contribution in [2.45, 2.75) is 19.5 Å². The molecule has 2 aromatic rings. The molecule has 0 aliphatic rings. The molecule has 0 saturated heterocycles. The van der Waals surface area contributed by atoms with Gasteiger partial charge < -0.3 is 5.11 Å². The van der Waals surface area contributed by atoms with Crippen LogP contribution in [-0.2, 0) is 6.42 Å². The highest BCUT2D eigenvalue weighted by Gasteiger charge is 2.29. The van der Waals surface area contributed by atoms with Gasteiger partial charge in [0.15, 0.2) is 17.5 Å². The Morgan fingerprint density at radius 1 is 1.09 bits per heavy atom. The van der Waals surface area contributed by atoms with Crippen LogP contribution in [0.5, 0.6) is 0 Å². The molecule has 0 aromatic heterocycles. The Morgan fingerprint density at radius 2 is 1.68 bits per heavy atom. The highest BCUT2D eigenvalue weighted by atomic mass is 19.2. The smallest absolute Gasteiger partial charge is 0.336 e. The van der Waals surface area contributed by atoms with Gasteiger partial charge in [-0.3, -0.25) is 0 Å². The first-order valence-corrected chi connectivity index (χ1v) is 6.46. The number of rotatable bonds is 4. The summed E-state index contributed by atoms with van der Waals surface area (Å²) < 4.78 is 55.0. The fourth-order valence-electron chi connectivity index (χ4n) is 2.29. The zero-order chi connectivity index (χ0) is 16.4. The molecule has 22 heavy (non-hydrogen) atoms. The summed E-state index contributed by atoms with van der Waals surface area (Å²) in [6.07, 6.45) is -2.27. The van der Waals surface area contributed by atoms with Crippen molar-refractivity contribution in [3.63, 3.8) is 0 Å². The summed E-state index contributed by atoms with van der Waals surface area (Å²) in [5.74, 6) is -6.72. The second-order valence-corrected chi connectivity index (χ2v) is 4.83. The van der Waals surface area contributed by atoms with Crippen LogP contribution in [-0.4, -0.2) is 17.2 Å². The molecule has 2 aromatic carbocycles. The lowest BCUT2D eigenvalue weighted by atomic mass is 9.91. The van der Waals surface area contributed by atoms with Crippen LogP contribution in [0.4, 0.5) is 17.6 Å². The van der Waals surface area contributed by atoms with Gasteiger partial charge in [-0.05, 0) is 12.5 Å². The molecule has 1 atom stereocenters. The molecule has 0 saturated carbocycles. The quantitative estimate of drug-likeness (QED) is 0.672. The number of carboxylic acid groups (broad SMARTS) is 1. The molecule has 0 heterocycles. The van der Waals surface area contributed by atoms with Crippen LogP contribution in [0.1, 0.15) is 22.8 Å². The second-order valence-electron chi connectivity index (χ2n) is 4.83. The first-order chi connectivity index (χ1) is 10.3. The van der Waals surface area contributed by atoms with E-state index in [1.54, 1.807) is 6.07 Å². The molecule has 6 heteroatoms. The van der Waals surface area contributed by atoms with Crippen molar-refractivity contribution >= 4 is 5.97 Å². The Hall–Kier alpha value is -2.37. The van der Waals surface area contributed by atoms with Crippen molar-refractivity contribution in [2.24, 2.45) is 0 Å². The summed E-state index contributed by atoms with van der Waals surface area (Å²) in [4.78, 5) is 11.4. The molecule has 1 unspecified atom stereocenters. The molecule has 0 radical (unpaired) electrons. The first kappa shape index (κ1) is 16.0. The topological polar surface area (TPSA) is 37.3 Å². The largest absolute Gasteiger partial charge is 0.478 e. The number of halogens is 4. The van der Waals surface area contributed by atoms with E-state index < -0.39 is 52.7 Å². The first-order valence-electron chi connectivity index (χ1n) is 6.46. The minimum Gasteiger partial charge on any atom is -0.478 e. The minimum atomic E-state index is -1.81. The van der Waals surface area contributed by atoms with E-state index >= 15 is 0 Å². The van der Waals surface area contributed by atoms with Gasteiger partial charge in [-0.15, -0.1) is 0 Å². The lowest BCUT2D eigenvalue weighted by molar-refractivity contribution is 0.0694. The summed E-state index contributed by atoms with van der Waals surface area (Å²) in [5.41, 5.74) is -1.95. The van der Waals surface area contributed by atoms with Crippen molar-refractivity contribution in [3.05, 3.63) is 58.9 Å². The van der Waals surface area contributed by atoms with Gasteiger partial charge >= 0.3 is 5.97 Å². The Labute approximate surface area is 124 Å². The van der Waals surface area contributed by atoms with E-state index in [-0.39, 0.29) is 5.56 Å². The molecule has 116 valence electrons. The van der Waals surface area contributed by atoms with Gasteiger partial charge in [0.25, 0.3) is 0 Å². The van der Waals surface area contributed by atoms with Crippen molar-refractivity contribution < 1.29 is 27.5 Å². The third-order valence-corrected chi connectivity index (χ3v) is 3.18. The Kier molecular flexibility index (Phi) is 4.49. The Morgan fingerprint density at radius 3 is 2.18 bits per heavy atom. The number of aromatic carboxylic acids is 1. The van der Waals surface area contributed by atoms with Gasteiger partial charge in [0.2, 0.25) is 0 Å². The number of hydrogen-bond donors (Lipinski definition) is 1. The predicted octanol–water partition coefficient (Wildman–Crippen LogP) is 4.37. The lowest BCUT2D eigenvalue weighted by Crippen LogP contribution is -2.15. The number of hydrogen-bond acceptors (Lipinski definition) is 1. The molecule has 2 nitrogen and oxygen atoms in total. The molecule has 0 bridgehead atoms. The van der Waals surface area contributed by atoms with E-state index in [1.807, 2.05) is 0 Å². The third-order valence-electron chi connectivity index (χ3n) is 3.18. The highest BCUT2D eigenvalue weighted by Crippen LogP contribution is 2.34. The Bertz CT molecular complexity index is 712. The van der Waals surface area contributed by atoms with E-state index in [9.17, 15) is 27.5 Å². The van der Waals surface area contributed by atoms with E-state index in [0.717, 1.165) is 6.92 Å². The maximum absolute atomic E-state index is 14.1. The summed E-state index contributed by atoms with van der Waals surface area (Å²) in [5, 5.41) is 9.28. The number of alkyl halides is 1. The monoisotopic (exact) mass is 312 g/mol. The van der Waals surface area contributed by atoms with Gasteiger partial charge in [0.05, 0.1) is 5.56 Å². The van der Waals surface area contributed by atoms with E-state index in [1.165, 1.54) is 24.3 Å². The molecular formula is C16H12F4O2. The molecule has 1 N–H and O–H groups in total. The molecule has 2 rings (SSSR count). The van der Waals surface area contributed by atoms with Crippen molar-refractivity contribution in [1.82, 2.24) is 0 Å². The van der Waals surface area contributed by atoms with Crippen LogP contribution in [0.3, 0.4) is 0 Å². The van der Waals surface area contributed by atoms with E-state index in [2.05, 4.69) is 0 Å². The van der Waals surface area contributed by atoms with Crippen molar-refractivity contribution in [2.75, 3.05) is 0 Å². The average Bonchev–Trinajstić information content (AvgIpc) is 2.47. The zero-order valence-corrected chi connectivity index (χ0v) is 11.5. The van der Waals surface area contributed by atoms with Gasteiger partial charge in [-0.2, -0.15) is 0 Å². The fourth-order valence-corrected chi connectivity index (χ4v) is 2.29. The van der Waals surface area contributed by atoms with Crippen LogP contribution >= 0.6 is 0 Å². The standard InChI is InChI=1S/C16H12F4O2/c1-8(17)7-10-12(16(21)22)11(9-5-3-2-4-6-9)14(19)15(20)13(10)18/h2-6,8H,7H2,1H3,(H,21,22). The number of benzene rings is 2.